The Morgan fingerprint density at radius 2 is 2.25 bits per heavy atom. The smallest absolute Gasteiger partial charge is 0.122 e. The number of hydrogen-bond donors (Lipinski definition) is 1. The fraction of sp³-hybridized carbons (Fsp3) is 0.688. The van der Waals surface area contributed by atoms with Crippen LogP contribution in [0.3, 0.4) is 0 Å². The second-order valence-electron chi connectivity index (χ2n) is 5.80. The molecule has 1 saturated heterocycles. The molecule has 0 spiro atoms. The fourth-order valence-electron chi connectivity index (χ4n) is 3.07. The lowest BCUT2D eigenvalue weighted by Crippen LogP contribution is -2.47. The third-order valence-corrected chi connectivity index (χ3v) is 4.06. The SMILES string of the molecule is CCNC1CCN(Cc2cc(OC)cc(C)n2)CC1C. The molecule has 112 valence electrons. The number of likely N-dealkylation sites (tertiary alicyclic amines) is 1. The topological polar surface area (TPSA) is 37.4 Å². The molecule has 1 aliphatic heterocycles. The van der Waals surface area contributed by atoms with Gasteiger partial charge in [0, 0.05) is 43.5 Å². The molecule has 1 aromatic rings. The molecule has 4 nitrogen and oxygen atoms in total. The molecule has 1 aliphatic rings. The Bertz CT molecular complexity index is 436. The summed E-state index contributed by atoms with van der Waals surface area (Å²) in [6.45, 7) is 10.8. The zero-order valence-electron chi connectivity index (χ0n) is 13.1. The van der Waals surface area contributed by atoms with E-state index >= 15 is 0 Å². The fourth-order valence-corrected chi connectivity index (χ4v) is 3.07. The predicted molar refractivity (Wildman–Crippen MR) is 82.0 cm³/mol. The predicted octanol–water partition coefficient (Wildman–Crippen LogP) is 2.22. The lowest BCUT2D eigenvalue weighted by Gasteiger charge is -2.37. The molecular weight excluding hydrogens is 250 g/mol. The minimum Gasteiger partial charge on any atom is -0.497 e. The van der Waals surface area contributed by atoms with Crippen LogP contribution in [0, 0.1) is 12.8 Å². The van der Waals surface area contributed by atoms with E-state index in [4.69, 9.17) is 4.74 Å². The summed E-state index contributed by atoms with van der Waals surface area (Å²) in [6, 6.07) is 4.69. The summed E-state index contributed by atoms with van der Waals surface area (Å²) in [5.74, 6) is 1.60. The van der Waals surface area contributed by atoms with Crippen LogP contribution in [0.4, 0.5) is 0 Å². The molecule has 2 atom stereocenters. The summed E-state index contributed by atoms with van der Waals surface area (Å²) >= 11 is 0. The quantitative estimate of drug-likeness (QED) is 0.895. The normalized spacial score (nSPS) is 23.8. The van der Waals surface area contributed by atoms with Gasteiger partial charge in [0.2, 0.25) is 0 Å². The van der Waals surface area contributed by atoms with Crippen molar-refractivity contribution in [1.29, 1.82) is 0 Å². The van der Waals surface area contributed by atoms with Gasteiger partial charge in [-0.05, 0) is 25.8 Å². The van der Waals surface area contributed by atoms with Gasteiger partial charge in [-0.1, -0.05) is 13.8 Å². The number of ether oxygens (including phenoxy) is 1. The third-order valence-electron chi connectivity index (χ3n) is 4.06. The Morgan fingerprint density at radius 1 is 1.45 bits per heavy atom. The van der Waals surface area contributed by atoms with E-state index in [1.54, 1.807) is 7.11 Å². The van der Waals surface area contributed by atoms with E-state index in [1.165, 1.54) is 6.42 Å². The summed E-state index contributed by atoms with van der Waals surface area (Å²) in [4.78, 5) is 7.12. The van der Waals surface area contributed by atoms with Gasteiger partial charge in [-0.25, -0.2) is 0 Å². The van der Waals surface area contributed by atoms with Crippen LogP contribution in [-0.4, -0.2) is 42.7 Å². The number of rotatable bonds is 5. The molecular formula is C16H27N3O. The molecule has 0 aromatic carbocycles. The van der Waals surface area contributed by atoms with Crippen molar-refractivity contribution in [2.45, 2.75) is 39.8 Å². The number of aryl methyl sites for hydroxylation is 1. The van der Waals surface area contributed by atoms with Gasteiger partial charge in [-0.15, -0.1) is 0 Å². The molecule has 0 amide bonds. The van der Waals surface area contributed by atoms with Gasteiger partial charge in [0.25, 0.3) is 0 Å². The van der Waals surface area contributed by atoms with E-state index in [2.05, 4.69) is 29.0 Å². The van der Waals surface area contributed by atoms with Crippen LogP contribution < -0.4 is 10.1 Å². The monoisotopic (exact) mass is 277 g/mol. The van der Waals surface area contributed by atoms with Gasteiger partial charge in [-0.2, -0.15) is 0 Å². The van der Waals surface area contributed by atoms with Crippen molar-refractivity contribution < 1.29 is 4.74 Å². The number of pyridine rings is 1. The number of methoxy groups -OCH3 is 1. The van der Waals surface area contributed by atoms with E-state index < -0.39 is 0 Å². The molecule has 2 unspecified atom stereocenters. The van der Waals surface area contributed by atoms with Gasteiger partial charge in [0.1, 0.15) is 5.75 Å². The van der Waals surface area contributed by atoms with Gasteiger partial charge in [0.15, 0.2) is 0 Å². The lowest BCUT2D eigenvalue weighted by molar-refractivity contribution is 0.140. The average Bonchev–Trinajstić information content (AvgIpc) is 2.41. The molecule has 2 rings (SSSR count). The van der Waals surface area contributed by atoms with E-state index in [-0.39, 0.29) is 0 Å². The Labute approximate surface area is 122 Å². The zero-order chi connectivity index (χ0) is 14.5. The van der Waals surface area contributed by atoms with Crippen LogP contribution in [-0.2, 0) is 6.54 Å². The average molecular weight is 277 g/mol. The molecule has 0 radical (unpaired) electrons. The van der Waals surface area contributed by atoms with Gasteiger partial charge < -0.3 is 10.1 Å². The number of piperidine rings is 1. The Hall–Kier alpha value is -1.13. The van der Waals surface area contributed by atoms with E-state index in [1.807, 2.05) is 19.1 Å². The maximum Gasteiger partial charge on any atom is 0.122 e. The van der Waals surface area contributed by atoms with Gasteiger partial charge >= 0.3 is 0 Å². The van der Waals surface area contributed by atoms with Crippen LogP contribution in [0.2, 0.25) is 0 Å². The van der Waals surface area contributed by atoms with Crippen LogP contribution >= 0.6 is 0 Å². The van der Waals surface area contributed by atoms with Crippen LogP contribution in [0.5, 0.6) is 5.75 Å². The summed E-state index contributed by atoms with van der Waals surface area (Å²) < 4.78 is 5.33. The Kier molecular flexibility index (Phi) is 5.38. The van der Waals surface area contributed by atoms with Crippen molar-refractivity contribution in [3.05, 3.63) is 23.5 Å². The summed E-state index contributed by atoms with van der Waals surface area (Å²) in [7, 11) is 1.71. The molecule has 0 saturated carbocycles. The number of hydrogen-bond acceptors (Lipinski definition) is 4. The third kappa shape index (κ3) is 3.93. The van der Waals surface area contributed by atoms with Crippen molar-refractivity contribution >= 4 is 0 Å². The summed E-state index contributed by atoms with van der Waals surface area (Å²) in [5.41, 5.74) is 2.13. The maximum absolute atomic E-state index is 5.33. The van der Waals surface area contributed by atoms with Gasteiger partial charge in [-0.3, -0.25) is 9.88 Å². The highest BCUT2D eigenvalue weighted by atomic mass is 16.5. The van der Waals surface area contributed by atoms with E-state index in [0.29, 0.717) is 12.0 Å². The minimum atomic E-state index is 0.663. The van der Waals surface area contributed by atoms with E-state index in [0.717, 1.165) is 43.3 Å². The molecule has 4 heteroatoms. The van der Waals surface area contributed by atoms with Crippen molar-refractivity contribution in [2.75, 3.05) is 26.7 Å². The highest BCUT2D eigenvalue weighted by molar-refractivity contribution is 5.26. The maximum atomic E-state index is 5.33. The van der Waals surface area contributed by atoms with Gasteiger partial charge in [0.05, 0.1) is 12.8 Å². The van der Waals surface area contributed by atoms with Crippen LogP contribution in [0.15, 0.2) is 12.1 Å². The van der Waals surface area contributed by atoms with Crippen molar-refractivity contribution in [3.63, 3.8) is 0 Å². The highest BCUT2D eigenvalue weighted by Gasteiger charge is 2.25. The van der Waals surface area contributed by atoms with Crippen molar-refractivity contribution in [1.82, 2.24) is 15.2 Å². The Balaban J connectivity index is 1.96. The second kappa shape index (κ2) is 7.04. The lowest BCUT2D eigenvalue weighted by atomic mass is 9.93. The van der Waals surface area contributed by atoms with Crippen molar-refractivity contribution in [3.8, 4) is 5.75 Å². The first kappa shape index (κ1) is 15.3. The molecule has 20 heavy (non-hydrogen) atoms. The first-order chi connectivity index (χ1) is 9.62. The summed E-state index contributed by atoms with van der Waals surface area (Å²) in [5, 5.41) is 3.58. The largest absolute Gasteiger partial charge is 0.497 e. The van der Waals surface area contributed by atoms with Crippen LogP contribution in [0.1, 0.15) is 31.7 Å². The van der Waals surface area contributed by atoms with Crippen molar-refractivity contribution in [2.24, 2.45) is 5.92 Å². The summed E-state index contributed by atoms with van der Waals surface area (Å²) in [6.07, 6.45) is 1.22. The molecule has 2 heterocycles. The molecule has 1 N–H and O–H groups in total. The molecule has 0 aliphatic carbocycles. The van der Waals surface area contributed by atoms with Crippen LogP contribution in [0.25, 0.3) is 0 Å². The van der Waals surface area contributed by atoms with E-state index in [9.17, 15) is 0 Å². The zero-order valence-corrected chi connectivity index (χ0v) is 13.1. The first-order valence-electron chi connectivity index (χ1n) is 7.59. The Morgan fingerprint density at radius 3 is 2.90 bits per heavy atom. The highest BCUT2D eigenvalue weighted by Crippen LogP contribution is 2.20. The minimum absolute atomic E-state index is 0.663. The number of nitrogens with zero attached hydrogens (tertiary/aromatic N) is 2. The first-order valence-corrected chi connectivity index (χ1v) is 7.59. The molecule has 0 bridgehead atoms. The number of aromatic nitrogens is 1. The number of nitrogens with one attached hydrogen (secondary N) is 1. The molecule has 1 fully saturated rings. The molecule has 1 aromatic heterocycles. The second-order valence-corrected chi connectivity index (χ2v) is 5.80. The standard InChI is InChI=1S/C16H27N3O/c1-5-17-16-6-7-19(10-12(16)2)11-14-9-15(20-4)8-13(3)18-14/h8-9,12,16-17H,5-7,10-11H2,1-4H3.